The van der Waals surface area contributed by atoms with Gasteiger partial charge in [-0.05, 0) is 19.8 Å². The molecule has 5 heteroatoms. The van der Waals surface area contributed by atoms with Crippen molar-refractivity contribution in [2.45, 2.75) is 32.1 Å². The van der Waals surface area contributed by atoms with Gasteiger partial charge in [-0.1, -0.05) is 0 Å². The SMILES string of the molecule is CNc1nc(C2CC2)nc(Cc2nccn2C)c1C. The zero-order chi connectivity index (χ0) is 13.4. The van der Waals surface area contributed by atoms with E-state index in [0.29, 0.717) is 5.92 Å². The van der Waals surface area contributed by atoms with E-state index in [4.69, 9.17) is 4.98 Å². The first kappa shape index (κ1) is 12.1. The molecule has 0 amide bonds. The van der Waals surface area contributed by atoms with Crippen LogP contribution in [0.5, 0.6) is 0 Å². The van der Waals surface area contributed by atoms with Gasteiger partial charge in [-0.25, -0.2) is 15.0 Å². The van der Waals surface area contributed by atoms with Gasteiger partial charge in [0.25, 0.3) is 0 Å². The fraction of sp³-hybridized carbons (Fsp3) is 0.500. The number of aryl methyl sites for hydroxylation is 1. The third kappa shape index (κ3) is 2.32. The van der Waals surface area contributed by atoms with Crippen LogP contribution in [0.25, 0.3) is 0 Å². The van der Waals surface area contributed by atoms with E-state index >= 15 is 0 Å². The highest BCUT2D eigenvalue weighted by Gasteiger charge is 2.28. The second-order valence-corrected chi connectivity index (χ2v) is 5.16. The molecule has 1 N–H and O–H groups in total. The highest BCUT2D eigenvalue weighted by atomic mass is 15.1. The van der Waals surface area contributed by atoms with Crippen LogP contribution < -0.4 is 5.32 Å². The van der Waals surface area contributed by atoms with Gasteiger partial charge < -0.3 is 9.88 Å². The van der Waals surface area contributed by atoms with E-state index in [1.165, 1.54) is 12.8 Å². The van der Waals surface area contributed by atoms with E-state index in [1.807, 2.05) is 31.1 Å². The summed E-state index contributed by atoms with van der Waals surface area (Å²) in [5, 5.41) is 3.17. The Morgan fingerprint density at radius 1 is 1.37 bits per heavy atom. The monoisotopic (exact) mass is 257 g/mol. The number of rotatable bonds is 4. The molecule has 2 heterocycles. The van der Waals surface area contributed by atoms with E-state index in [-0.39, 0.29) is 0 Å². The van der Waals surface area contributed by atoms with Crippen LogP contribution in [0.4, 0.5) is 5.82 Å². The van der Waals surface area contributed by atoms with Gasteiger partial charge in [0.05, 0.1) is 5.69 Å². The van der Waals surface area contributed by atoms with Crippen molar-refractivity contribution in [3.8, 4) is 0 Å². The molecule has 1 aliphatic rings. The van der Waals surface area contributed by atoms with E-state index in [2.05, 4.69) is 22.2 Å². The summed E-state index contributed by atoms with van der Waals surface area (Å²) in [6.07, 6.45) is 6.98. The first-order chi connectivity index (χ1) is 9.19. The Balaban J connectivity index is 1.99. The summed E-state index contributed by atoms with van der Waals surface area (Å²) in [5.41, 5.74) is 2.20. The lowest BCUT2D eigenvalue weighted by Gasteiger charge is -2.12. The minimum atomic E-state index is 0.563. The fourth-order valence-corrected chi connectivity index (χ4v) is 2.24. The standard InChI is InChI=1S/C14H19N5/c1-9-11(8-12-16-6-7-19(12)3)17-14(10-4-5-10)18-13(9)15-2/h6-7,10H,4-5,8H2,1-3H3,(H,15,17,18). The van der Waals surface area contributed by atoms with Gasteiger partial charge in [0, 0.05) is 44.4 Å². The van der Waals surface area contributed by atoms with Crippen LogP contribution in [0, 0.1) is 6.92 Å². The first-order valence-corrected chi connectivity index (χ1v) is 6.70. The Kier molecular flexibility index (Phi) is 2.97. The number of imidazole rings is 1. The molecule has 0 aromatic carbocycles. The lowest BCUT2D eigenvalue weighted by Crippen LogP contribution is -2.09. The van der Waals surface area contributed by atoms with Crippen LogP contribution in [0.3, 0.4) is 0 Å². The molecule has 0 atom stereocenters. The molecule has 19 heavy (non-hydrogen) atoms. The highest BCUT2D eigenvalue weighted by Crippen LogP contribution is 2.39. The summed E-state index contributed by atoms with van der Waals surface area (Å²) in [7, 11) is 3.93. The highest BCUT2D eigenvalue weighted by molar-refractivity contribution is 5.46. The number of hydrogen-bond donors (Lipinski definition) is 1. The summed E-state index contributed by atoms with van der Waals surface area (Å²) >= 11 is 0. The molecular formula is C14H19N5. The van der Waals surface area contributed by atoms with Crippen LogP contribution in [0.1, 0.15) is 41.7 Å². The van der Waals surface area contributed by atoms with Crippen LogP contribution >= 0.6 is 0 Å². The predicted octanol–water partition coefficient (Wildman–Crippen LogP) is 2.03. The molecule has 0 aliphatic heterocycles. The van der Waals surface area contributed by atoms with Crippen molar-refractivity contribution in [1.29, 1.82) is 0 Å². The molecule has 5 nitrogen and oxygen atoms in total. The molecule has 1 saturated carbocycles. The predicted molar refractivity (Wildman–Crippen MR) is 74.3 cm³/mol. The Morgan fingerprint density at radius 3 is 2.74 bits per heavy atom. The van der Waals surface area contributed by atoms with Gasteiger partial charge in [0.1, 0.15) is 17.5 Å². The number of aromatic nitrogens is 4. The van der Waals surface area contributed by atoms with Crippen molar-refractivity contribution in [2.75, 3.05) is 12.4 Å². The Labute approximate surface area is 113 Å². The zero-order valence-electron chi connectivity index (χ0n) is 11.6. The van der Waals surface area contributed by atoms with Gasteiger partial charge in [0.2, 0.25) is 0 Å². The summed E-state index contributed by atoms with van der Waals surface area (Å²) in [6, 6.07) is 0. The summed E-state index contributed by atoms with van der Waals surface area (Å²) < 4.78 is 2.04. The molecule has 2 aromatic rings. The molecule has 0 unspecified atom stereocenters. The minimum Gasteiger partial charge on any atom is -0.373 e. The van der Waals surface area contributed by atoms with Crippen LogP contribution in [-0.2, 0) is 13.5 Å². The molecule has 2 aromatic heterocycles. The van der Waals surface area contributed by atoms with Crippen LogP contribution in [-0.4, -0.2) is 26.6 Å². The van der Waals surface area contributed by atoms with E-state index in [1.54, 1.807) is 0 Å². The number of anilines is 1. The second kappa shape index (κ2) is 4.64. The maximum absolute atomic E-state index is 4.75. The molecule has 0 saturated heterocycles. The van der Waals surface area contributed by atoms with Crippen molar-refractivity contribution in [3.05, 3.63) is 35.3 Å². The van der Waals surface area contributed by atoms with Crippen molar-refractivity contribution in [1.82, 2.24) is 19.5 Å². The maximum atomic E-state index is 4.75. The molecule has 3 rings (SSSR count). The fourth-order valence-electron chi connectivity index (χ4n) is 2.24. The average Bonchev–Trinajstić information content (AvgIpc) is 3.17. The first-order valence-electron chi connectivity index (χ1n) is 6.70. The quantitative estimate of drug-likeness (QED) is 0.910. The summed E-state index contributed by atoms with van der Waals surface area (Å²) in [5.74, 6) is 3.53. The van der Waals surface area contributed by atoms with Gasteiger partial charge in [0.15, 0.2) is 0 Å². The third-order valence-electron chi connectivity index (χ3n) is 3.69. The Bertz CT molecular complexity index is 598. The average molecular weight is 257 g/mol. The van der Waals surface area contributed by atoms with E-state index in [0.717, 1.165) is 35.1 Å². The molecule has 1 fully saturated rings. The second-order valence-electron chi connectivity index (χ2n) is 5.16. The molecule has 0 spiro atoms. The molecule has 1 aliphatic carbocycles. The lowest BCUT2D eigenvalue weighted by atomic mass is 10.1. The number of hydrogen-bond acceptors (Lipinski definition) is 4. The Morgan fingerprint density at radius 2 is 2.16 bits per heavy atom. The molecule has 100 valence electrons. The lowest BCUT2D eigenvalue weighted by molar-refractivity contribution is 0.792. The van der Waals surface area contributed by atoms with Gasteiger partial charge in [-0.15, -0.1) is 0 Å². The smallest absolute Gasteiger partial charge is 0.134 e. The Hall–Kier alpha value is -1.91. The van der Waals surface area contributed by atoms with Crippen molar-refractivity contribution >= 4 is 5.82 Å². The van der Waals surface area contributed by atoms with Gasteiger partial charge in [-0.2, -0.15) is 0 Å². The molecule has 0 bridgehead atoms. The minimum absolute atomic E-state index is 0.563. The maximum Gasteiger partial charge on any atom is 0.134 e. The number of nitrogens with one attached hydrogen (secondary N) is 1. The van der Waals surface area contributed by atoms with Gasteiger partial charge in [-0.3, -0.25) is 0 Å². The molecular weight excluding hydrogens is 238 g/mol. The molecule has 0 radical (unpaired) electrons. The van der Waals surface area contributed by atoms with E-state index in [9.17, 15) is 0 Å². The van der Waals surface area contributed by atoms with Crippen LogP contribution in [0.15, 0.2) is 12.4 Å². The van der Waals surface area contributed by atoms with Crippen molar-refractivity contribution in [3.63, 3.8) is 0 Å². The van der Waals surface area contributed by atoms with Crippen LogP contribution in [0.2, 0.25) is 0 Å². The third-order valence-corrected chi connectivity index (χ3v) is 3.69. The summed E-state index contributed by atoms with van der Waals surface area (Å²) in [6.45, 7) is 2.07. The summed E-state index contributed by atoms with van der Waals surface area (Å²) in [4.78, 5) is 13.8. The van der Waals surface area contributed by atoms with Gasteiger partial charge >= 0.3 is 0 Å². The largest absolute Gasteiger partial charge is 0.373 e. The van der Waals surface area contributed by atoms with E-state index < -0.39 is 0 Å². The van der Waals surface area contributed by atoms with Crippen molar-refractivity contribution in [2.24, 2.45) is 7.05 Å². The normalized spacial score (nSPS) is 14.7. The topological polar surface area (TPSA) is 55.6 Å². The van der Waals surface area contributed by atoms with Crippen molar-refractivity contribution < 1.29 is 0 Å². The zero-order valence-corrected chi connectivity index (χ0v) is 11.6. The number of nitrogens with zero attached hydrogens (tertiary/aromatic N) is 4.